The number of likely N-dealkylation sites (tertiary alicyclic amines) is 1. The number of ether oxygens (including phenoxy) is 2. The molecule has 2 aromatic rings. The minimum atomic E-state index is -0.262. The average molecular weight is 453 g/mol. The first kappa shape index (κ1) is 24.5. The largest absolute Gasteiger partial charge is 0.466 e. The molecule has 2 aromatic carbocycles. The molecule has 0 bridgehead atoms. The number of rotatable bonds is 9. The summed E-state index contributed by atoms with van der Waals surface area (Å²) in [6.45, 7) is 3.55. The molecule has 0 radical (unpaired) electrons. The summed E-state index contributed by atoms with van der Waals surface area (Å²) in [4.78, 5) is 41.3. The van der Waals surface area contributed by atoms with Crippen LogP contribution in [0.5, 0.6) is 0 Å². The first-order valence-corrected chi connectivity index (χ1v) is 11.4. The summed E-state index contributed by atoms with van der Waals surface area (Å²) >= 11 is 0. The lowest BCUT2D eigenvalue weighted by molar-refractivity contribution is -0.151. The molecule has 0 saturated carbocycles. The number of hydrogen-bond acceptors (Lipinski definition) is 5. The fourth-order valence-corrected chi connectivity index (χ4v) is 4.07. The minimum Gasteiger partial charge on any atom is -0.466 e. The molecule has 0 spiro atoms. The van der Waals surface area contributed by atoms with Gasteiger partial charge in [-0.05, 0) is 43.0 Å². The topological polar surface area (TPSA) is 76.2 Å². The number of methoxy groups -OCH3 is 1. The molecular weight excluding hydrogens is 420 g/mol. The number of esters is 1. The zero-order valence-electron chi connectivity index (χ0n) is 19.4. The van der Waals surface area contributed by atoms with Crippen molar-refractivity contribution in [3.8, 4) is 0 Å². The molecule has 1 heterocycles. The van der Waals surface area contributed by atoms with Gasteiger partial charge in [-0.2, -0.15) is 0 Å². The lowest BCUT2D eigenvalue weighted by atomic mass is 9.97. The van der Waals surface area contributed by atoms with Crippen LogP contribution in [0.15, 0.2) is 54.6 Å². The lowest BCUT2D eigenvalue weighted by Gasteiger charge is -2.31. The van der Waals surface area contributed by atoms with Crippen LogP contribution in [-0.4, -0.2) is 56.1 Å². The molecule has 0 aromatic heterocycles. The summed E-state index contributed by atoms with van der Waals surface area (Å²) in [5.74, 6) is -0.677. The third-order valence-electron chi connectivity index (χ3n) is 5.72. The van der Waals surface area contributed by atoms with Gasteiger partial charge in [0.2, 0.25) is 5.91 Å². The zero-order valence-corrected chi connectivity index (χ0v) is 19.4. The summed E-state index contributed by atoms with van der Waals surface area (Å²) in [6, 6.07) is 17.2. The number of amides is 2. The molecule has 3 rings (SSSR count). The molecule has 7 heteroatoms. The average Bonchev–Trinajstić information content (AvgIpc) is 2.83. The highest BCUT2D eigenvalue weighted by Crippen LogP contribution is 2.22. The molecule has 1 unspecified atom stereocenters. The van der Waals surface area contributed by atoms with Gasteiger partial charge in [-0.1, -0.05) is 42.5 Å². The van der Waals surface area contributed by atoms with Crippen molar-refractivity contribution in [2.24, 2.45) is 5.92 Å². The van der Waals surface area contributed by atoms with E-state index in [1.165, 1.54) is 7.11 Å². The van der Waals surface area contributed by atoms with Crippen molar-refractivity contribution < 1.29 is 23.9 Å². The predicted octanol–water partition coefficient (Wildman–Crippen LogP) is 3.21. The van der Waals surface area contributed by atoms with Gasteiger partial charge in [-0.15, -0.1) is 0 Å². The van der Waals surface area contributed by atoms with E-state index >= 15 is 0 Å². The number of hydrogen-bond donors (Lipinski definition) is 0. The summed E-state index contributed by atoms with van der Waals surface area (Å²) in [7, 11) is 1.50. The molecule has 1 aliphatic heterocycles. The second kappa shape index (κ2) is 12.2. The molecule has 0 aliphatic carbocycles. The Morgan fingerprint density at radius 3 is 2.55 bits per heavy atom. The first-order chi connectivity index (χ1) is 16.0. The van der Waals surface area contributed by atoms with E-state index in [9.17, 15) is 14.4 Å². The normalized spacial score (nSPS) is 15.7. The second-order valence-electron chi connectivity index (χ2n) is 8.18. The van der Waals surface area contributed by atoms with Gasteiger partial charge in [0.15, 0.2) is 0 Å². The Bertz CT molecular complexity index is 947. The van der Waals surface area contributed by atoms with Crippen LogP contribution in [0.3, 0.4) is 0 Å². The Morgan fingerprint density at radius 1 is 1.06 bits per heavy atom. The summed E-state index contributed by atoms with van der Waals surface area (Å²) < 4.78 is 10.2. The van der Waals surface area contributed by atoms with Crippen LogP contribution in [0, 0.1) is 5.92 Å². The number of nitrogens with zero attached hydrogens (tertiary/aromatic N) is 2. The van der Waals surface area contributed by atoms with Crippen LogP contribution in [0.25, 0.3) is 0 Å². The van der Waals surface area contributed by atoms with Crippen molar-refractivity contribution in [2.75, 3.05) is 38.3 Å². The van der Waals surface area contributed by atoms with Crippen LogP contribution in [0.2, 0.25) is 0 Å². The van der Waals surface area contributed by atoms with E-state index in [2.05, 4.69) is 0 Å². The van der Waals surface area contributed by atoms with Gasteiger partial charge >= 0.3 is 5.97 Å². The Labute approximate surface area is 195 Å². The maximum atomic E-state index is 13.0. The van der Waals surface area contributed by atoms with Gasteiger partial charge in [0.25, 0.3) is 5.91 Å². The molecular formula is C26H32N2O5. The number of carbonyl (C=O) groups excluding carboxylic acids is 3. The molecule has 1 aliphatic rings. The van der Waals surface area contributed by atoms with E-state index in [4.69, 9.17) is 9.47 Å². The third kappa shape index (κ3) is 6.89. The van der Waals surface area contributed by atoms with Crippen LogP contribution in [0.1, 0.15) is 30.9 Å². The van der Waals surface area contributed by atoms with E-state index in [1.807, 2.05) is 54.6 Å². The Morgan fingerprint density at radius 2 is 1.82 bits per heavy atom. The SMILES string of the molecule is CCOC(=O)C1CCCN(C(=O)Cc2cccc(N(Cc3ccccc3)C(=O)COC)c2)C1. The maximum Gasteiger partial charge on any atom is 0.310 e. The van der Waals surface area contributed by atoms with Crippen molar-refractivity contribution in [2.45, 2.75) is 32.7 Å². The third-order valence-corrected chi connectivity index (χ3v) is 5.72. The maximum absolute atomic E-state index is 13.0. The van der Waals surface area contributed by atoms with Gasteiger partial charge in [-0.3, -0.25) is 14.4 Å². The van der Waals surface area contributed by atoms with Gasteiger partial charge in [0, 0.05) is 25.9 Å². The summed E-state index contributed by atoms with van der Waals surface area (Å²) in [6.07, 6.45) is 1.74. The van der Waals surface area contributed by atoms with Crippen molar-refractivity contribution in [3.05, 3.63) is 65.7 Å². The van der Waals surface area contributed by atoms with Gasteiger partial charge in [0.05, 0.1) is 25.5 Å². The molecule has 1 atom stereocenters. The van der Waals surface area contributed by atoms with Crippen molar-refractivity contribution in [1.29, 1.82) is 0 Å². The standard InChI is InChI=1S/C26H32N2O5/c1-3-33-26(31)22-12-8-14-27(18-22)24(29)16-21-11-7-13-23(15-21)28(25(30)19-32-2)17-20-9-5-4-6-10-20/h4-7,9-11,13,15,22H,3,8,12,14,16-19H2,1-2H3. The van der Waals surface area contributed by atoms with Gasteiger partial charge in [-0.25, -0.2) is 0 Å². The lowest BCUT2D eigenvalue weighted by Crippen LogP contribution is -2.43. The number of benzene rings is 2. The van der Waals surface area contributed by atoms with E-state index in [-0.39, 0.29) is 36.7 Å². The Hall–Kier alpha value is -3.19. The zero-order chi connectivity index (χ0) is 23.6. The van der Waals surface area contributed by atoms with E-state index in [0.29, 0.717) is 31.9 Å². The van der Waals surface area contributed by atoms with E-state index < -0.39 is 0 Å². The van der Waals surface area contributed by atoms with Crippen LogP contribution >= 0.6 is 0 Å². The quantitative estimate of drug-likeness (QED) is 0.546. The molecule has 1 saturated heterocycles. The highest BCUT2D eigenvalue weighted by molar-refractivity contribution is 5.94. The molecule has 33 heavy (non-hydrogen) atoms. The van der Waals surface area contributed by atoms with Gasteiger partial charge in [0.1, 0.15) is 6.61 Å². The fraction of sp³-hybridized carbons (Fsp3) is 0.423. The van der Waals surface area contributed by atoms with Crippen molar-refractivity contribution in [3.63, 3.8) is 0 Å². The summed E-state index contributed by atoms with van der Waals surface area (Å²) in [5, 5.41) is 0. The van der Waals surface area contributed by atoms with Crippen LogP contribution in [0.4, 0.5) is 5.69 Å². The Balaban J connectivity index is 1.72. The summed E-state index contributed by atoms with van der Waals surface area (Å²) in [5.41, 5.74) is 2.54. The number of piperidine rings is 1. The first-order valence-electron chi connectivity index (χ1n) is 11.4. The minimum absolute atomic E-state index is 0.0287. The predicted molar refractivity (Wildman–Crippen MR) is 126 cm³/mol. The molecule has 0 N–H and O–H groups in total. The molecule has 7 nitrogen and oxygen atoms in total. The van der Waals surface area contributed by atoms with E-state index in [1.54, 1.807) is 16.7 Å². The van der Waals surface area contributed by atoms with Crippen LogP contribution < -0.4 is 4.90 Å². The van der Waals surface area contributed by atoms with Gasteiger partial charge < -0.3 is 19.3 Å². The van der Waals surface area contributed by atoms with Crippen molar-refractivity contribution >= 4 is 23.5 Å². The fourth-order valence-electron chi connectivity index (χ4n) is 4.07. The van der Waals surface area contributed by atoms with Crippen LogP contribution in [-0.2, 0) is 36.8 Å². The second-order valence-corrected chi connectivity index (χ2v) is 8.18. The molecule has 1 fully saturated rings. The Kier molecular flexibility index (Phi) is 9.01. The molecule has 176 valence electrons. The smallest absolute Gasteiger partial charge is 0.310 e. The van der Waals surface area contributed by atoms with E-state index in [0.717, 1.165) is 24.0 Å². The highest BCUT2D eigenvalue weighted by Gasteiger charge is 2.29. The molecule has 2 amide bonds. The highest BCUT2D eigenvalue weighted by atomic mass is 16.5. The number of anilines is 1. The van der Waals surface area contributed by atoms with Crippen molar-refractivity contribution in [1.82, 2.24) is 4.90 Å². The monoisotopic (exact) mass is 452 g/mol. The number of carbonyl (C=O) groups is 3.